The zero-order valence-electron chi connectivity index (χ0n) is 9.94. The van der Waals surface area contributed by atoms with Gasteiger partial charge in [-0.25, -0.2) is 9.97 Å². The van der Waals surface area contributed by atoms with Crippen LogP contribution in [0.5, 0.6) is 0 Å². The molecule has 92 valence electrons. The molecule has 0 saturated carbocycles. The number of rotatable bonds is 1. The van der Waals surface area contributed by atoms with Crippen molar-refractivity contribution in [2.45, 2.75) is 25.2 Å². The summed E-state index contributed by atoms with van der Waals surface area (Å²) in [6.45, 7) is 0. The molecule has 0 bridgehead atoms. The van der Waals surface area contributed by atoms with Crippen LogP contribution in [0.1, 0.15) is 29.3 Å². The highest BCUT2D eigenvalue weighted by Gasteiger charge is 2.22. The van der Waals surface area contributed by atoms with E-state index in [4.69, 9.17) is 5.73 Å². The molecule has 0 fully saturated rings. The Labute approximate surface area is 120 Å². The highest BCUT2D eigenvalue weighted by atomic mass is 127. The summed E-state index contributed by atoms with van der Waals surface area (Å²) in [5.74, 6) is 1.89. The highest BCUT2D eigenvalue weighted by molar-refractivity contribution is 14.1. The second-order valence-corrected chi connectivity index (χ2v) is 5.83. The maximum absolute atomic E-state index is 5.86. The molecular formula is C14H14IN3. The molecule has 1 atom stereocenters. The predicted molar refractivity (Wildman–Crippen MR) is 80.4 cm³/mol. The van der Waals surface area contributed by atoms with E-state index in [2.05, 4.69) is 56.8 Å². The summed E-state index contributed by atoms with van der Waals surface area (Å²) < 4.78 is 0.924. The van der Waals surface area contributed by atoms with Gasteiger partial charge in [0.2, 0.25) is 0 Å². The van der Waals surface area contributed by atoms with Gasteiger partial charge in [0.1, 0.15) is 11.6 Å². The van der Waals surface area contributed by atoms with Crippen LogP contribution in [0.3, 0.4) is 0 Å². The van der Waals surface area contributed by atoms with Crippen molar-refractivity contribution in [1.82, 2.24) is 9.97 Å². The summed E-state index contributed by atoms with van der Waals surface area (Å²) in [4.78, 5) is 8.87. The Balaban J connectivity index is 1.89. The summed E-state index contributed by atoms with van der Waals surface area (Å²) >= 11 is 2.16. The van der Waals surface area contributed by atoms with Gasteiger partial charge in [-0.05, 0) is 53.0 Å². The molecule has 3 rings (SSSR count). The normalized spacial score (nSPS) is 18.4. The Hall–Kier alpha value is -1.17. The molecule has 2 aromatic rings. The first-order valence-corrected chi connectivity index (χ1v) is 7.16. The second kappa shape index (κ2) is 4.84. The van der Waals surface area contributed by atoms with Crippen LogP contribution in [0.4, 0.5) is 5.82 Å². The number of anilines is 1. The largest absolute Gasteiger partial charge is 0.383 e. The van der Waals surface area contributed by atoms with Gasteiger partial charge in [0.15, 0.2) is 0 Å². The third-order valence-corrected chi connectivity index (χ3v) is 4.33. The fourth-order valence-electron chi connectivity index (χ4n) is 2.51. The highest BCUT2D eigenvalue weighted by Crippen LogP contribution is 2.31. The molecule has 4 heteroatoms. The number of aromatic nitrogens is 2. The first-order chi connectivity index (χ1) is 8.74. The van der Waals surface area contributed by atoms with E-state index in [1.807, 2.05) is 6.20 Å². The third kappa shape index (κ3) is 2.21. The molecule has 0 spiro atoms. The van der Waals surface area contributed by atoms with Gasteiger partial charge < -0.3 is 5.73 Å². The number of hydrogen-bond donors (Lipinski definition) is 1. The first-order valence-electron chi connectivity index (χ1n) is 6.08. The minimum atomic E-state index is 0.402. The summed E-state index contributed by atoms with van der Waals surface area (Å²) in [7, 11) is 0. The number of nitrogens with two attached hydrogens (primary N) is 1. The van der Waals surface area contributed by atoms with Crippen LogP contribution >= 0.6 is 22.6 Å². The number of fused-ring (bicyclic) bond motifs is 1. The third-order valence-electron chi connectivity index (χ3n) is 3.50. The van der Waals surface area contributed by atoms with Crippen molar-refractivity contribution < 1.29 is 0 Å². The molecular weight excluding hydrogens is 337 g/mol. The lowest BCUT2D eigenvalue weighted by molar-refractivity contribution is 0.555. The van der Waals surface area contributed by atoms with Gasteiger partial charge >= 0.3 is 0 Å². The Morgan fingerprint density at radius 3 is 2.78 bits per heavy atom. The molecule has 0 aliphatic heterocycles. The molecule has 1 heterocycles. The maximum atomic E-state index is 5.86. The van der Waals surface area contributed by atoms with E-state index in [1.54, 1.807) is 0 Å². The lowest BCUT2D eigenvalue weighted by Crippen LogP contribution is -2.16. The smallest absolute Gasteiger partial charge is 0.140 e. The van der Waals surface area contributed by atoms with E-state index < -0.39 is 0 Å². The van der Waals surface area contributed by atoms with Crippen LogP contribution in [0.2, 0.25) is 0 Å². The first kappa shape index (κ1) is 11.9. The Bertz CT molecular complexity index is 583. The lowest BCUT2D eigenvalue weighted by Gasteiger charge is -2.23. The average molecular weight is 351 g/mol. The van der Waals surface area contributed by atoms with Crippen LogP contribution < -0.4 is 5.73 Å². The zero-order chi connectivity index (χ0) is 12.5. The molecule has 1 aromatic heterocycles. The molecule has 0 saturated heterocycles. The average Bonchev–Trinajstić information content (AvgIpc) is 2.41. The van der Waals surface area contributed by atoms with Gasteiger partial charge in [-0.2, -0.15) is 0 Å². The van der Waals surface area contributed by atoms with Crippen LogP contribution in [-0.2, 0) is 12.8 Å². The van der Waals surface area contributed by atoms with E-state index in [1.165, 1.54) is 11.1 Å². The number of halogens is 1. The topological polar surface area (TPSA) is 51.8 Å². The Morgan fingerprint density at radius 1 is 1.22 bits per heavy atom. The SMILES string of the molecule is Nc1nc(C2CCc3ccccc3C2)ncc1I. The van der Waals surface area contributed by atoms with E-state index >= 15 is 0 Å². The molecule has 1 aliphatic carbocycles. The van der Waals surface area contributed by atoms with Crippen molar-refractivity contribution in [2.24, 2.45) is 0 Å². The van der Waals surface area contributed by atoms with Gasteiger partial charge in [0, 0.05) is 12.1 Å². The maximum Gasteiger partial charge on any atom is 0.140 e. The Morgan fingerprint density at radius 2 is 2.00 bits per heavy atom. The van der Waals surface area contributed by atoms with E-state index in [-0.39, 0.29) is 0 Å². The van der Waals surface area contributed by atoms with E-state index in [9.17, 15) is 0 Å². The van der Waals surface area contributed by atoms with Crippen molar-refractivity contribution in [1.29, 1.82) is 0 Å². The summed E-state index contributed by atoms with van der Waals surface area (Å²) in [5.41, 5.74) is 8.75. The van der Waals surface area contributed by atoms with Crippen molar-refractivity contribution in [3.63, 3.8) is 0 Å². The molecule has 1 aliphatic rings. The summed E-state index contributed by atoms with van der Waals surface area (Å²) in [6.07, 6.45) is 5.06. The number of hydrogen-bond acceptors (Lipinski definition) is 3. The van der Waals surface area contributed by atoms with E-state index in [0.717, 1.165) is 28.7 Å². The van der Waals surface area contributed by atoms with Crippen LogP contribution in [0.15, 0.2) is 30.5 Å². The predicted octanol–water partition coefficient (Wildman–Crippen LogP) is 2.94. The monoisotopic (exact) mass is 351 g/mol. The molecule has 3 nitrogen and oxygen atoms in total. The van der Waals surface area contributed by atoms with Crippen LogP contribution in [0, 0.1) is 3.57 Å². The van der Waals surface area contributed by atoms with Crippen LogP contribution in [-0.4, -0.2) is 9.97 Å². The molecule has 1 aromatic carbocycles. The minimum absolute atomic E-state index is 0.402. The Kier molecular flexibility index (Phi) is 3.20. The minimum Gasteiger partial charge on any atom is -0.383 e. The molecule has 1 unspecified atom stereocenters. The summed E-state index contributed by atoms with van der Waals surface area (Å²) in [6, 6.07) is 8.63. The molecule has 18 heavy (non-hydrogen) atoms. The van der Waals surface area contributed by atoms with Crippen LogP contribution in [0.25, 0.3) is 0 Å². The van der Waals surface area contributed by atoms with Crippen molar-refractivity contribution in [3.8, 4) is 0 Å². The molecule has 0 radical (unpaired) electrons. The van der Waals surface area contributed by atoms with Gasteiger partial charge in [0.25, 0.3) is 0 Å². The fourth-order valence-corrected chi connectivity index (χ4v) is 2.77. The fraction of sp³-hybridized carbons (Fsp3) is 0.286. The van der Waals surface area contributed by atoms with Gasteiger partial charge in [0.05, 0.1) is 3.57 Å². The molecule has 0 amide bonds. The van der Waals surface area contributed by atoms with Crippen molar-refractivity contribution >= 4 is 28.4 Å². The number of aryl methyl sites for hydroxylation is 1. The number of nitrogen functional groups attached to an aromatic ring is 1. The van der Waals surface area contributed by atoms with Crippen molar-refractivity contribution in [2.75, 3.05) is 5.73 Å². The number of benzene rings is 1. The van der Waals surface area contributed by atoms with Gasteiger partial charge in [-0.3, -0.25) is 0 Å². The van der Waals surface area contributed by atoms with Crippen molar-refractivity contribution in [3.05, 3.63) is 51.0 Å². The number of nitrogens with zero attached hydrogens (tertiary/aromatic N) is 2. The van der Waals surface area contributed by atoms with Gasteiger partial charge in [-0.1, -0.05) is 24.3 Å². The summed E-state index contributed by atoms with van der Waals surface area (Å²) in [5, 5.41) is 0. The van der Waals surface area contributed by atoms with Gasteiger partial charge in [-0.15, -0.1) is 0 Å². The quantitative estimate of drug-likeness (QED) is 0.804. The second-order valence-electron chi connectivity index (χ2n) is 4.67. The lowest BCUT2D eigenvalue weighted by atomic mass is 9.83. The van der Waals surface area contributed by atoms with E-state index in [0.29, 0.717) is 11.7 Å². The standard InChI is InChI=1S/C14H14IN3/c15-12-8-17-14(18-13(12)16)11-6-5-9-3-1-2-4-10(9)7-11/h1-4,8,11H,5-7H2,(H2,16,17,18). The molecule has 2 N–H and O–H groups in total. The zero-order valence-corrected chi connectivity index (χ0v) is 12.1.